The van der Waals surface area contributed by atoms with E-state index in [1.54, 1.807) is 4.72 Å². The number of aromatic carboxylic acids is 1. The average Bonchev–Trinajstić information content (AvgIpc) is 3.52. The van der Waals surface area contributed by atoms with E-state index in [1.807, 2.05) is 0 Å². The number of carboxylic acid groups (broad SMARTS) is 2. The van der Waals surface area contributed by atoms with Crippen molar-refractivity contribution in [3.05, 3.63) is 65.0 Å². The van der Waals surface area contributed by atoms with Crippen LogP contribution in [0.4, 0.5) is 16.6 Å². The number of hydrogen-bond donors (Lipinski definition) is 4. The van der Waals surface area contributed by atoms with Crippen LogP contribution in [0.1, 0.15) is 32.1 Å². The van der Waals surface area contributed by atoms with Gasteiger partial charge in [0.25, 0.3) is 15.9 Å². The first-order valence-corrected chi connectivity index (χ1v) is 17.7. The summed E-state index contributed by atoms with van der Waals surface area (Å²) in [5, 5.41) is 33.0. The second kappa shape index (κ2) is 16.5. The number of aromatic nitrogens is 3. The Hall–Kier alpha value is -3.14. The molecule has 4 rings (SSSR count). The fourth-order valence-corrected chi connectivity index (χ4v) is 7.32. The number of hydrogen-bond acceptors (Lipinski definition) is 17. The quantitative estimate of drug-likeness (QED) is 0.0597. The topological polar surface area (TPSA) is 320 Å². The molecule has 4 aromatic rings. The standard InChI is InChI=1S/C24H21N7O13S4.2Na/c1-11-19(20(25-10-18(32)33)31(29-11)15-5-3-13(4-6-15)22(35)36)27-28-24-26-12(2)23(45-24)46(37,38)30-21(34)14-7-16(47(39,40)41)9-17(8-14)48(42,43)44;;/h3-9,25H,10H2,1-2H3,(H,30,34)(H,32,33)(H,35,36)(H,39,40,41)(H,42,43,44);;/q;2*+1/p-2. The normalized spacial score (nSPS) is 11.8. The zero-order chi connectivity index (χ0) is 35.8. The Morgan fingerprint density at radius 1 is 0.860 bits per heavy atom. The van der Waals surface area contributed by atoms with Gasteiger partial charge in [-0.2, -0.15) is 5.10 Å². The third-order valence-electron chi connectivity index (χ3n) is 5.96. The second-order valence-electron chi connectivity index (χ2n) is 9.40. The first-order valence-electron chi connectivity index (χ1n) is 12.6. The van der Waals surface area contributed by atoms with Crippen molar-refractivity contribution in [3.63, 3.8) is 0 Å². The van der Waals surface area contributed by atoms with Gasteiger partial charge in [0.05, 0.1) is 32.4 Å². The predicted octanol–water partition coefficient (Wildman–Crippen LogP) is -4.51. The molecular formula is C24H19N7Na2O13S4. The van der Waals surface area contributed by atoms with Crippen LogP contribution in [-0.4, -0.2) is 83.7 Å². The maximum Gasteiger partial charge on any atom is 1.00 e. The minimum atomic E-state index is -5.38. The summed E-state index contributed by atoms with van der Waals surface area (Å²) in [4.78, 5) is 36.7. The number of thiazole rings is 1. The Morgan fingerprint density at radius 2 is 1.42 bits per heavy atom. The van der Waals surface area contributed by atoms with Crippen LogP contribution < -0.4 is 69.2 Å². The molecule has 0 aliphatic heterocycles. The van der Waals surface area contributed by atoms with Gasteiger partial charge in [0.2, 0.25) is 5.13 Å². The number of amides is 1. The first kappa shape index (κ1) is 43.0. The summed E-state index contributed by atoms with van der Waals surface area (Å²) in [5.74, 6) is -3.99. The molecular weight excluding hydrogens is 769 g/mol. The summed E-state index contributed by atoms with van der Waals surface area (Å²) in [6.07, 6.45) is 0. The molecule has 1 amide bonds. The van der Waals surface area contributed by atoms with Crippen LogP contribution in [0.15, 0.2) is 66.7 Å². The minimum absolute atomic E-state index is 0. The molecule has 0 fully saturated rings. The van der Waals surface area contributed by atoms with E-state index >= 15 is 0 Å². The number of anilines is 1. The molecule has 0 aliphatic rings. The second-order valence-corrected chi connectivity index (χ2v) is 15.0. The van der Waals surface area contributed by atoms with E-state index in [-0.39, 0.29) is 98.8 Å². The van der Waals surface area contributed by atoms with E-state index < -0.39 is 74.2 Å². The number of rotatable bonds is 12. The summed E-state index contributed by atoms with van der Waals surface area (Å²) in [7, 11) is -15.6. The Balaban J connectivity index is 0.00000433. The van der Waals surface area contributed by atoms with Crippen molar-refractivity contribution in [2.75, 3.05) is 11.9 Å². The summed E-state index contributed by atoms with van der Waals surface area (Å²) < 4.78 is 97.0. The number of nitrogens with zero attached hydrogens (tertiary/aromatic N) is 5. The van der Waals surface area contributed by atoms with Crippen LogP contribution in [0.2, 0.25) is 0 Å². The molecule has 0 radical (unpaired) electrons. The molecule has 50 heavy (non-hydrogen) atoms. The molecule has 0 unspecified atom stereocenters. The number of benzene rings is 2. The Bertz CT molecular complexity index is 2290. The van der Waals surface area contributed by atoms with E-state index in [0.29, 0.717) is 29.2 Å². The largest absolute Gasteiger partial charge is 1.00 e. The third kappa shape index (κ3) is 10.2. The van der Waals surface area contributed by atoms with Crippen molar-refractivity contribution < 1.29 is 118 Å². The molecule has 20 nitrogen and oxygen atoms in total. The Labute approximate surface area is 331 Å². The number of azo groups is 1. The molecule has 26 heteroatoms. The smallest absolute Gasteiger partial charge is 0.744 e. The van der Waals surface area contributed by atoms with Gasteiger partial charge >= 0.3 is 71.1 Å². The summed E-state index contributed by atoms with van der Waals surface area (Å²) >= 11 is 0.412. The van der Waals surface area contributed by atoms with Gasteiger partial charge < -0.3 is 24.6 Å². The number of aryl methyl sites for hydroxylation is 2. The zero-order valence-electron chi connectivity index (χ0n) is 26.0. The van der Waals surface area contributed by atoms with Gasteiger partial charge in [0, 0.05) is 5.56 Å². The Kier molecular flexibility index (Phi) is 14.2. The van der Waals surface area contributed by atoms with E-state index in [9.17, 15) is 53.8 Å². The molecule has 0 saturated carbocycles. The van der Waals surface area contributed by atoms with Gasteiger partial charge in [-0.25, -0.2) is 44.4 Å². The van der Waals surface area contributed by atoms with Gasteiger partial charge in [-0.3, -0.25) is 9.59 Å². The molecule has 0 spiro atoms. The number of sulfonamides is 1. The molecule has 2 aromatic carbocycles. The number of nitrogens with one attached hydrogen (secondary N) is 2. The number of carbonyl (C=O) groups is 3. The maximum absolute atomic E-state index is 13.1. The molecule has 0 bridgehead atoms. The van der Waals surface area contributed by atoms with Gasteiger partial charge in [0.15, 0.2) is 15.7 Å². The van der Waals surface area contributed by atoms with Crippen molar-refractivity contribution in [2.24, 2.45) is 10.2 Å². The van der Waals surface area contributed by atoms with Crippen LogP contribution >= 0.6 is 11.3 Å². The van der Waals surface area contributed by atoms with Gasteiger partial charge in [-0.15, -0.1) is 10.2 Å². The molecule has 0 atom stereocenters. The molecule has 0 saturated heterocycles. The van der Waals surface area contributed by atoms with Crippen molar-refractivity contribution in [1.82, 2.24) is 19.5 Å². The SMILES string of the molecule is Cc1nc(N=Nc2c(C)nn(-c3ccc(C(=O)O)cc3)c2NCC(=O)O)sc1S(=O)(=O)NC(=O)c1cc(S(=O)(=O)[O-])cc(S(=O)(=O)[O-])c1.[Na+].[Na+]. The summed E-state index contributed by atoms with van der Waals surface area (Å²) in [6.45, 7) is 2.13. The number of aliphatic carboxylic acids is 1. The Morgan fingerprint density at radius 3 is 1.92 bits per heavy atom. The molecule has 2 heterocycles. The summed E-state index contributed by atoms with van der Waals surface area (Å²) in [6, 6.07) is 6.42. The average molecular weight is 788 g/mol. The van der Waals surface area contributed by atoms with E-state index in [4.69, 9.17) is 5.11 Å². The van der Waals surface area contributed by atoms with Crippen LogP contribution in [0.5, 0.6) is 0 Å². The monoisotopic (exact) mass is 787 g/mol. The van der Waals surface area contributed by atoms with Crippen LogP contribution in [0.25, 0.3) is 5.69 Å². The molecule has 0 aliphatic carbocycles. The minimum Gasteiger partial charge on any atom is -0.744 e. The van der Waals surface area contributed by atoms with E-state index in [1.165, 1.54) is 42.8 Å². The van der Waals surface area contributed by atoms with Crippen molar-refractivity contribution in [1.29, 1.82) is 0 Å². The van der Waals surface area contributed by atoms with Crippen LogP contribution in [0, 0.1) is 13.8 Å². The van der Waals surface area contributed by atoms with Crippen molar-refractivity contribution in [3.8, 4) is 5.69 Å². The van der Waals surface area contributed by atoms with Crippen molar-refractivity contribution in [2.45, 2.75) is 27.8 Å². The van der Waals surface area contributed by atoms with Crippen molar-refractivity contribution >= 4 is 76.1 Å². The van der Waals surface area contributed by atoms with Gasteiger partial charge in [-0.05, 0) is 56.3 Å². The third-order valence-corrected chi connectivity index (χ3v) is 10.6. The molecule has 4 N–H and O–H groups in total. The fraction of sp³-hybridized carbons (Fsp3) is 0.125. The number of carbonyl (C=O) groups excluding carboxylic acids is 1. The van der Waals surface area contributed by atoms with Gasteiger partial charge in [0.1, 0.15) is 26.8 Å². The maximum atomic E-state index is 13.1. The molecule has 2 aromatic heterocycles. The summed E-state index contributed by atoms with van der Waals surface area (Å²) in [5.41, 5.74) is -0.620. The number of carboxylic acids is 2. The zero-order valence-corrected chi connectivity index (χ0v) is 33.3. The van der Waals surface area contributed by atoms with E-state index in [2.05, 4.69) is 25.6 Å². The van der Waals surface area contributed by atoms with E-state index in [0.717, 1.165) is 0 Å². The van der Waals surface area contributed by atoms with Gasteiger partial charge in [-0.1, -0.05) is 11.3 Å². The fourth-order valence-electron chi connectivity index (χ4n) is 3.86. The predicted molar refractivity (Wildman–Crippen MR) is 159 cm³/mol. The van der Waals surface area contributed by atoms with Crippen LogP contribution in [0.3, 0.4) is 0 Å². The first-order chi connectivity index (χ1) is 22.2. The molecule has 254 valence electrons. The van der Waals surface area contributed by atoms with Crippen LogP contribution in [-0.2, 0) is 35.1 Å².